The van der Waals surface area contributed by atoms with E-state index < -0.39 is 0 Å². The van der Waals surface area contributed by atoms with Crippen LogP contribution in [0.1, 0.15) is 36.5 Å². The number of benzene rings is 1. The zero-order valence-electron chi connectivity index (χ0n) is 11.4. The molecule has 1 heterocycles. The van der Waals surface area contributed by atoms with Gasteiger partial charge in [-0.1, -0.05) is 18.6 Å². The van der Waals surface area contributed by atoms with Crippen LogP contribution in [-0.4, -0.2) is 36.5 Å². The summed E-state index contributed by atoms with van der Waals surface area (Å²) in [5.74, 6) is -0.00339. The molecule has 1 aromatic carbocycles. The van der Waals surface area contributed by atoms with Gasteiger partial charge in [-0.05, 0) is 60.9 Å². The summed E-state index contributed by atoms with van der Waals surface area (Å²) >= 11 is 3.41. The van der Waals surface area contributed by atoms with Crippen LogP contribution in [-0.2, 0) is 0 Å². The summed E-state index contributed by atoms with van der Waals surface area (Å²) in [6.45, 7) is 5.21. The molecule has 0 bridgehead atoms. The zero-order chi connectivity index (χ0) is 13.7. The van der Waals surface area contributed by atoms with E-state index in [1.165, 1.54) is 19.3 Å². The van der Waals surface area contributed by atoms with E-state index in [1.54, 1.807) is 0 Å². The highest BCUT2D eigenvalue weighted by molar-refractivity contribution is 9.10. The number of amides is 1. The number of hydrogen-bond donors (Lipinski definition) is 1. The molecule has 1 fully saturated rings. The molecule has 0 aliphatic carbocycles. The lowest BCUT2D eigenvalue weighted by Gasteiger charge is -2.32. The lowest BCUT2D eigenvalue weighted by atomic mass is 10.1. The first kappa shape index (κ1) is 14.5. The normalized spacial score (nSPS) is 18.0. The van der Waals surface area contributed by atoms with Gasteiger partial charge in [-0.15, -0.1) is 0 Å². The minimum atomic E-state index is -0.00339. The van der Waals surface area contributed by atoms with Crippen LogP contribution < -0.4 is 5.32 Å². The van der Waals surface area contributed by atoms with E-state index in [0.717, 1.165) is 17.6 Å². The maximum absolute atomic E-state index is 12.1. The maximum atomic E-state index is 12.1. The van der Waals surface area contributed by atoms with Crippen molar-refractivity contribution < 1.29 is 4.79 Å². The monoisotopic (exact) mass is 324 g/mol. The van der Waals surface area contributed by atoms with Crippen LogP contribution in [0.3, 0.4) is 0 Å². The Bertz CT molecular complexity index is 430. The van der Waals surface area contributed by atoms with E-state index in [1.807, 2.05) is 24.3 Å². The van der Waals surface area contributed by atoms with Crippen LogP contribution >= 0.6 is 15.9 Å². The third kappa shape index (κ3) is 4.05. The molecular formula is C15H21BrN2O. The Morgan fingerprint density at radius 2 is 2.00 bits per heavy atom. The van der Waals surface area contributed by atoms with Gasteiger partial charge in [0.1, 0.15) is 0 Å². The second-order valence-electron chi connectivity index (χ2n) is 5.14. The number of likely N-dealkylation sites (tertiary alicyclic amines) is 1. The molecule has 1 N–H and O–H groups in total. The predicted molar refractivity (Wildman–Crippen MR) is 81.4 cm³/mol. The number of carbonyl (C=O) groups is 1. The van der Waals surface area contributed by atoms with Crippen LogP contribution in [0, 0.1) is 0 Å². The van der Waals surface area contributed by atoms with Crippen LogP contribution in [0.25, 0.3) is 0 Å². The summed E-state index contributed by atoms with van der Waals surface area (Å²) in [6, 6.07) is 7.94. The maximum Gasteiger partial charge on any atom is 0.252 e. The number of halogens is 1. The topological polar surface area (TPSA) is 32.3 Å². The SMILES string of the molecule is CC(CNC(=O)c1ccccc1Br)N1CCCCC1. The number of nitrogens with zero attached hydrogens (tertiary/aromatic N) is 1. The Morgan fingerprint density at radius 3 is 2.68 bits per heavy atom. The van der Waals surface area contributed by atoms with Crippen molar-refractivity contribution in [1.82, 2.24) is 10.2 Å². The minimum Gasteiger partial charge on any atom is -0.350 e. The van der Waals surface area contributed by atoms with Gasteiger partial charge in [0.05, 0.1) is 5.56 Å². The molecule has 2 rings (SSSR count). The van der Waals surface area contributed by atoms with Gasteiger partial charge in [0.25, 0.3) is 5.91 Å². The standard InChI is InChI=1S/C15H21BrN2O/c1-12(18-9-5-2-6-10-18)11-17-15(19)13-7-3-4-8-14(13)16/h3-4,7-8,12H,2,5-6,9-11H2,1H3,(H,17,19). The number of rotatable bonds is 4. The van der Waals surface area contributed by atoms with Crippen molar-refractivity contribution in [2.75, 3.05) is 19.6 Å². The molecule has 1 unspecified atom stereocenters. The molecule has 4 heteroatoms. The Morgan fingerprint density at radius 1 is 1.32 bits per heavy atom. The fourth-order valence-corrected chi connectivity index (χ4v) is 2.93. The lowest BCUT2D eigenvalue weighted by Crippen LogP contribution is -2.44. The van der Waals surface area contributed by atoms with Gasteiger partial charge in [-0.2, -0.15) is 0 Å². The van der Waals surface area contributed by atoms with Crippen molar-refractivity contribution in [3.05, 3.63) is 34.3 Å². The highest BCUT2D eigenvalue weighted by atomic mass is 79.9. The fraction of sp³-hybridized carbons (Fsp3) is 0.533. The van der Waals surface area contributed by atoms with Crippen LogP contribution in [0.15, 0.2) is 28.7 Å². The summed E-state index contributed by atoms with van der Waals surface area (Å²) in [5.41, 5.74) is 0.702. The fourth-order valence-electron chi connectivity index (χ4n) is 2.47. The van der Waals surface area contributed by atoms with E-state index in [-0.39, 0.29) is 5.91 Å². The van der Waals surface area contributed by atoms with Crippen molar-refractivity contribution in [3.63, 3.8) is 0 Å². The van der Waals surface area contributed by atoms with E-state index in [2.05, 4.69) is 33.1 Å². The van der Waals surface area contributed by atoms with E-state index in [4.69, 9.17) is 0 Å². The van der Waals surface area contributed by atoms with Crippen LogP contribution in [0.2, 0.25) is 0 Å². The quantitative estimate of drug-likeness (QED) is 0.923. The molecule has 19 heavy (non-hydrogen) atoms. The van der Waals surface area contributed by atoms with Gasteiger partial charge in [-0.25, -0.2) is 0 Å². The molecule has 1 aliphatic rings. The molecule has 1 amide bonds. The molecule has 0 radical (unpaired) electrons. The van der Waals surface area contributed by atoms with Gasteiger partial charge in [0.15, 0.2) is 0 Å². The average Bonchev–Trinajstić information content (AvgIpc) is 2.46. The van der Waals surface area contributed by atoms with E-state index in [0.29, 0.717) is 18.2 Å². The summed E-state index contributed by atoms with van der Waals surface area (Å²) in [5, 5.41) is 3.03. The first-order chi connectivity index (χ1) is 9.18. The molecular weight excluding hydrogens is 304 g/mol. The third-order valence-electron chi connectivity index (χ3n) is 3.69. The first-order valence-electron chi connectivity index (χ1n) is 6.95. The summed E-state index contributed by atoms with van der Waals surface area (Å²) in [7, 11) is 0. The molecule has 0 aromatic heterocycles. The van der Waals surface area contributed by atoms with Crippen molar-refractivity contribution in [3.8, 4) is 0 Å². The van der Waals surface area contributed by atoms with Gasteiger partial charge >= 0.3 is 0 Å². The molecule has 1 saturated heterocycles. The summed E-state index contributed by atoms with van der Waals surface area (Å²) in [4.78, 5) is 14.6. The Balaban J connectivity index is 1.84. The van der Waals surface area contributed by atoms with E-state index in [9.17, 15) is 4.79 Å². The van der Waals surface area contributed by atoms with Gasteiger partial charge in [-0.3, -0.25) is 9.69 Å². The summed E-state index contributed by atoms with van der Waals surface area (Å²) < 4.78 is 0.845. The summed E-state index contributed by atoms with van der Waals surface area (Å²) in [6.07, 6.45) is 3.90. The molecule has 1 atom stereocenters. The minimum absolute atomic E-state index is 0.00339. The lowest BCUT2D eigenvalue weighted by molar-refractivity contribution is 0.0929. The Labute approximate surface area is 123 Å². The molecule has 1 aromatic rings. The number of hydrogen-bond acceptors (Lipinski definition) is 2. The predicted octanol–water partition coefficient (Wildman–Crippen LogP) is 3.05. The second-order valence-corrected chi connectivity index (χ2v) is 5.99. The van der Waals surface area contributed by atoms with Gasteiger partial charge < -0.3 is 5.32 Å². The second kappa shape index (κ2) is 7.06. The highest BCUT2D eigenvalue weighted by Gasteiger charge is 2.17. The number of carbonyl (C=O) groups excluding carboxylic acids is 1. The van der Waals surface area contributed by atoms with Gasteiger partial charge in [0, 0.05) is 17.1 Å². The van der Waals surface area contributed by atoms with Crippen molar-refractivity contribution >= 4 is 21.8 Å². The van der Waals surface area contributed by atoms with E-state index >= 15 is 0 Å². The molecule has 0 saturated carbocycles. The number of piperidine rings is 1. The van der Waals surface area contributed by atoms with Crippen molar-refractivity contribution in [2.24, 2.45) is 0 Å². The largest absolute Gasteiger partial charge is 0.350 e. The molecule has 104 valence electrons. The number of nitrogens with one attached hydrogen (secondary N) is 1. The Hall–Kier alpha value is -0.870. The molecule has 3 nitrogen and oxygen atoms in total. The van der Waals surface area contributed by atoms with Crippen molar-refractivity contribution in [1.29, 1.82) is 0 Å². The molecule has 1 aliphatic heterocycles. The Kier molecular flexibility index (Phi) is 5.40. The van der Waals surface area contributed by atoms with Gasteiger partial charge in [0.2, 0.25) is 0 Å². The third-order valence-corrected chi connectivity index (χ3v) is 4.38. The van der Waals surface area contributed by atoms with Crippen LogP contribution in [0.5, 0.6) is 0 Å². The smallest absolute Gasteiger partial charge is 0.252 e. The van der Waals surface area contributed by atoms with Crippen LogP contribution in [0.4, 0.5) is 0 Å². The average molecular weight is 325 g/mol. The zero-order valence-corrected chi connectivity index (χ0v) is 12.9. The van der Waals surface area contributed by atoms with Crippen molar-refractivity contribution in [2.45, 2.75) is 32.2 Å². The first-order valence-corrected chi connectivity index (χ1v) is 7.74. The molecule has 0 spiro atoms. The highest BCUT2D eigenvalue weighted by Crippen LogP contribution is 2.16.